The van der Waals surface area contributed by atoms with Crippen molar-refractivity contribution in [3.8, 4) is 5.75 Å². The number of piperazine rings is 1. The number of hydrogen-bond acceptors (Lipinski definition) is 4. The van der Waals surface area contributed by atoms with Crippen molar-refractivity contribution in [1.82, 2.24) is 10.2 Å². The summed E-state index contributed by atoms with van der Waals surface area (Å²) in [6.45, 7) is 1.15. The summed E-state index contributed by atoms with van der Waals surface area (Å²) >= 11 is 0. The zero-order chi connectivity index (χ0) is 19.0. The topological polar surface area (TPSA) is 81.9 Å². The van der Waals surface area contributed by atoms with Crippen LogP contribution in [0.4, 0.5) is 5.69 Å². The van der Waals surface area contributed by atoms with Crippen molar-refractivity contribution >= 4 is 34.9 Å². The van der Waals surface area contributed by atoms with E-state index in [1.807, 2.05) is 30.4 Å². The maximum absolute atomic E-state index is 13.3. The van der Waals surface area contributed by atoms with Gasteiger partial charge in [0, 0.05) is 17.7 Å². The Morgan fingerprint density at radius 2 is 2.21 bits per heavy atom. The average molecular weight is 378 g/mol. The third-order valence-corrected chi connectivity index (χ3v) is 6.56. The van der Waals surface area contributed by atoms with E-state index in [1.54, 1.807) is 4.90 Å². The van der Waals surface area contributed by atoms with E-state index in [-0.39, 0.29) is 17.9 Å². The molecule has 28 heavy (non-hydrogen) atoms. The summed E-state index contributed by atoms with van der Waals surface area (Å²) in [6.07, 6.45) is 8.26. The summed E-state index contributed by atoms with van der Waals surface area (Å²) in [7, 11) is 0. The molecule has 4 heterocycles. The maximum Gasteiger partial charge on any atom is 0.276 e. The summed E-state index contributed by atoms with van der Waals surface area (Å²) in [6, 6.07) is 3.48. The van der Waals surface area contributed by atoms with Crippen molar-refractivity contribution in [2.24, 2.45) is 0 Å². The fourth-order valence-corrected chi connectivity index (χ4v) is 5.23. The standard InChI is InChI=1S/C21H19N3O4/c25-19-16-4-1-9-23(16)20(26)21(22-19)8-7-15-14(11-21)12-5-6-17-13(3-2-10-28-17)18(12)24(15)27/h2-3,5-6,11,16H,1,4,7-10H2,(H-,22,25,27)/p+1/t16-,21-/m0/s1. The Morgan fingerprint density at radius 1 is 1.32 bits per heavy atom. The maximum atomic E-state index is 13.3. The van der Waals surface area contributed by atoms with Crippen LogP contribution in [-0.2, 0) is 9.59 Å². The largest absolute Gasteiger partial charge is 0.489 e. The minimum Gasteiger partial charge on any atom is -0.489 e. The Labute approximate surface area is 161 Å². The number of carbonyl (C=O) groups is 2. The number of rotatable bonds is 0. The number of fused-ring (bicyclic) bond motifs is 6. The first kappa shape index (κ1) is 15.9. The number of hydrogen-bond donors (Lipinski definition) is 2. The van der Waals surface area contributed by atoms with Gasteiger partial charge in [-0.3, -0.25) is 14.8 Å². The van der Waals surface area contributed by atoms with Gasteiger partial charge in [-0.25, -0.2) is 0 Å². The van der Waals surface area contributed by atoms with Crippen LogP contribution in [0.15, 0.2) is 24.3 Å². The van der Waals surface area contributed by atoms with Gasteiger partial charge in [0.05, 0.1) is 16.7 Å². The monoisotopic (exact) mass is 378 g/mol. The first-order valence-corrected chi connectivity index (χ1v) is 9.77. The van der Waals surface area contributed by atoms with E-state index >= 15 is 0 Å². The van der Waals surface area contributed by atoms with Crippen LogP contribution in [0.1, 0.15) is 36.8 Å². The fraction of sp³-hybridized carbons (Fsp3) is 0.381. The predicted molar refractivity (Wildman–Crippen MR) is 101 cm³/mol. The van der Waals surface area contributed by atoms with E-state index in [2.05, 4.69) is 5.32 Å². The summed E-state index contributed by atoms with van der Waals surface area (Å²) in [5, 5.41) is 13.9. The molecule has 5 aliphatic rings. The average Bonchev–Trinajstić information content (AvgIpc) is 3.31. The van der Waals surface area contributed by atoms with Gasteiger partial charge in [0.25, 0.3) is 11.6 Å². The van der Waals surface area contributed by atoms with Crippen molar-refractivity contribution in [3.63, 3.8) is 0 Å². The van der Waals surface area contributed by atoms with Gasteiger partial charge in [-0.15, -0.1) is 0 Å². The lowest BCUT2D eigenvalue weighted by Gasteiger charge is -2.43. The summed E-state index contributed by atoms with van der Waals surface area (Å²) in [4.78, 5) is 27.7. The van der Waals surface area contributed by atoms with Gasteiger partial charge in [-0.1, -0.05) is 0 Å². The van der Waals surface area contributed by atoms with Crippen LogP contribution in [0.5, 0.6) is 5.75 Å². The van der Waals surface area contributed by atoms with E-state index < -0.39 is 5.54 Å². The van der Waals surface area contributed by atoms with Crippen molar-refractivity contribution < 1.29 is 24.3 Å². The van der Waals surface area contributed by atoms with Crippen LogP contribution >= 0.6 is 0 Å². The lowest BCUT2D eigenvalue weighted by molar-refractivity contribution is -0.711. The van der Waals surface area contributed by atoms with Crippen LogP contribution in [0.25, 0.3) is 11.6 Å². The highest BCUT2D eigenvalue weighted by Gasteiger charge is 2.55. The minimum absolute atomic E-state index is 0.0275. The normalized spacial score (nSPS) is 29.8. The van der Waals surface area contributed by atoms with Gasteiger partial charge in [-0.05, 0) is 49.6 Å². The highest BCUT2D eigenvalue weighted by molar-refractivity contribution is 6.27. The Morgan fingerprint density at radius 3 is 3.11 bits per heavy atom. The molecule has 2 N–H and O–H groups in total. The Bertz CT molecular complexity index is 1050. The van der Waals surface area contributed by atoms with Crippen LogP contribution < -0.4 is 10.1 Å². The predicted octanol–water partition coefficient (Wildman–Crippen LogP) is 1.62. The number of carbonyl (C=O) groups excluding carboxylic acids is 2. The van der Waals surface area contributed by atoms with E-state index in [0.717, 1.165) is 41.0 Å². The molecule has 0 radical (unpaired) electrons. The molecule has 7 nitrogen and oxygen atoms in total. The first-order valence-electron chi connectivity index (χ1n) is 9.77. The van der Waals surface area contributed by atoms with E-state index in [9.17, 15) is 14.8 Å². The third-order valence-electron chi connectivity index (χ3n) is 6.56. The van der Waals surface area contributed by atoms with E-state index in [1.165, 1.54) is 4.74 Å². The van der Waals surface area contributed by atoms with Gasteiger partial charge in [0.2, 0.25) is 11.6 Å². The van der Waals surface area contributed by atoms with Crippen molar-refractivity contribution in [2.45, 2.75) is 37.3 Å². The number of nitrogens with one attached hydrogen (secondary N) is 1. The van der Waals surface area contributed by atoms with Crippen LogP contribution in [-0.4, -0.2) is 57.1 Å². The van der Waals surface area contributed by atoms with Crippen molar-refractivity contribution in [2.75, 3.05) is 13.2 Å². The summed E-state index contributed by atoms with van der Waals surface area (Å²) < 4.78 is 6.89. The minimum atomic E-state index is -1.03. The zero-order valence-electron chi connectivity index (χ0n) is 15.3. The fourth-order valence-electron chi connectivity index (χ4n) is 5.23. The lowest BCUT2D eigenvalue weighted by Crippen LogP contribution is -2.68. The van der Waals surface area contributed by atoms with Crippen LogP contribution in [0.2, 0.25) is 0 Å². The second-order valence-electron chi connectivity index (χ2n) is 8.02. The van der Waals surface area contributed by atoms with Crippen molar-refractivity contribution in [3.05, 3.63) is 35.4 Å². The SMILES string of the molecule is O=C1N[C@@]2(C=C3C(=[N+](O)c4c3ccc3c4C=CCO3)CC2)C(=O)N2CCC[C@@H]12. The second-order valence-corrected chi connectivity index (χ2v) is 8.02. The van der Waals surface area contributed by atoms with Gasteiger partial charge in [0.1, 0.15) is 23.9 Å². The highest BCUT2D eigenvalue weighted by atomic mass is 16.5. The van der Waals surface area contributed by atoms with Gasteiger partial charge < -0.3 is 15.0 Å². The quantitative estimate of drug-likeness (QED) is 0.531. The number of ether oxygens (including phenoxy) is 1. The molecular weight excluding hydrogens is 358 g/mol. The molecular formula is C21H20N3O4+. The molecule has 0 saturated carbocycles. The van der Waals surface area contributed by atoms with Crippen LogP contribution in [0, 0.1) is 0 Å². The molecule has 2 fully saturated rings. The second kappa shape index (κ2) is 5.25. The van der Waals surface area contributed by atoms with Gasteiger partial charge in [0.15, 0.2) is 0 Å². The van der Waals surface area contributed by atoms with Crippen molar-refractivity contribution in [1.29, 1.82) is 0 Å². The van der Waals surface area contributed by atoms with E-state index in [4.69, 9.17) is 4.74 Å². The number of allylic oxidation sites excluding steroid dienone is 1. The first-order chi connectivity index (χ1) is 13.6. The van der Waals surface area contributed by atoms with Gasteiger partial charge in [-0.2, -0.15) is 0 Å². The molecule has 1 aromatic carbocycles. The molecule has 1 spiro atoms. The molecule has 0 aromatic heterocycles. The molecule has 142 valence electrons. The summed E-state index contributed by atoms with van der Waals surface area (Å²) in [5.74, 6) is 0.635. The number of amides is 2. The summed E-state index contributed by atoms with van der Waals surface area (Å²) in [5.41, 5.74) is 2.93. The number of nitrogens with zero attached hydrogens (tertiary/aromatic N) is 2. The highest BCUT2D eigenvalue weighted by Crippen LogP contribution is 2.46. The smallest absolute Gasteiger partial charge is 0.276 e. The molecule has 2 amide bonds. The Balaban J connectivity index is 1.51. The lowest BCUT2D eigenvalue weighted by atomic mass is 9.78. The molecule has 1 aliphatic carbocycles. The number of benzene rings is 1. The molecule has 4 aliphatic heterocycles. The Kier molecular flexibility index (Phi) is 2.98. The van der Waals surface area contributed by atoms with E-state index in [0.29, 0.717) is 31.7 Å². The molecule has 0 unspecified atom stereocenters. The molecule has 7 heteroatoms. The molecule has 2 atom stereocenters. The molecule has 2 saturated heterocycles. The van der Waals surface area contributed by atoms with Crippen LogP contribution in [0.3, 0.4) is 0 Å². The molecule has 6 rings (SSSR count). The zero-order valence-corrected chi connectivity index (χ0v) is 15.3. The third kappa shape index (κ3) is 1.86. The molecule has 0 bridgehead atoms. The molecule has 1 aromatic rings. The Hall–Kier alpha value is -3.09. The van der Waals surface area contributed by atoms with Gasteiger partial charge >= 0.3 is 0 Å².